The third-order valence-electron chi connectivity index (χ3n) is 2.53. The van der Waals surface area contributed by atoms with Crippen LogP contribution < -0.4 is 10.6 Å². The summed E-state index contributed by atoms with van der Waals surface area (Å²) < 4.78 is 0. The summed E-state index contributed by atoms with van der Waals surface area (Å²) in [6.07, 6.45) is 1.21. The van der Waals surface area contributed by atoms with Crippen molar-refractivity contribution in [3.63, 3.8) is 0 Å². The summed E-state index contributed by atoms with van der Waals surface area (Å²) in [7, 11) is 0. The van der Waals surface area contributed by atoms with Crippen LogP contribution in [0.2, 0.25) is 5.15 Å². The van der Waals surface area contributed by atoms with Crippen LogP contribution in [0.1, 0.15) is 12.1 Å². The molecule has 1 saturated heterocycles. The Morgan fingerprint density at radius 1 is 1.60 bits per heavy atom. The van der Waals surface area contributed by atoms with Gasteiger partial charge in [0.15, 0.2) is 0 Å². The van der Waals surface area contributed by atoms with E-state index in [1.165, 1.54) is 6.42 Å². The molecule has 2 heterocycles. The molecule has 0 aromatic carbocycles. The van der Waals surface area contributed by atoms with Crippen molar-refractivity contribution in [2.75, 3.05) is 25.0 Å². The van der Waals surface area contributed by atoms with Gasteiger partial charge in [-0.15, -0.1) is 0 Å². The first-order valence-electron chi connectivity index (χ1n) is 5.20. The zero-order valence-electron chi connectivity index (χ0n) is 8.76. The smallest absolute Gasteiger partial charge is 0.224 e. The lowest BCUT2D eigenvalue weighted by Crippen LogP contribution is -2.18. The van der Waals surface area contributed by atoms with Crippen molar-refractivity contribution < 1.29 is 0 Å². The standard InChI is InChI=1S/C10H15ClN4/c1-7-4-9(11)15-10(14-7)13-6-8-2-3-12-5-8/h4,8,12H,2-3,5-6H2,1H3,(H,13,14,15)/t8-/m1/s1. The molecule has 82 valence electrons. The zero-order chi connectivity index (χ0) is 10.7. The van der Waals surface area contributed by atoms with E-state index < -0.39 is 0 Å². The minimum absolute atomic E-state index is 0.495. The number of nitrogens with one attached hydrogen (secondary N) is 2. The van der Waals surface area contributed by atoms with E-state index in [-0.39, 0.29) is 0 Å². The number of anilines is 1. The van der Waals surface area contributed by atoms with E-state index in [0.29, 0.717) is 17.0 Å². The Hall–Kier alpha value is -0.870. The number of aryl methyl sites for hydroxylation is 1. The van der Waals surface area contributed by atoms with Crippen LogP contribution in [0.3, 0.4) is 0 Å². The number of aromatic nitrogens is 2. The second kappa shape index (κ2) is 4.77. The van der Waals surface area contributed by atoms with Crippen molar-refractivity contribution in [1.82, 2.24) is 15.3 Å². The summed E-state index contributed by atoms with van der Waals surface area (Å²) in [6, 6.07) is 1.75. The number of nitrogens with zero attached hydrogens (tertiary/aromatic N) is 2. The van der Waals surface area contributed by atoms with E-state index in [4.69, 9.17) is 11.6 Å². The minimum Gasteiger partial charge on any atom is -0.354 e. The molecule has 0 amide bonds. The molecule has 1 fully saturated rings. The number of hydrogen-bond acceptors (Lipinski definition) is 4. The SMILES string of the molecule is Cc1cc(Cl)nc(NC[C@@H]2CCNC2)n1. The van der Waals surface area contributed by atoms with E-state index in [0.717, 1.165) is 25.3 Å². The van der Waals surface area contributed by atoms with Gasteiger partial charge in [-0.1, -0.05) is 11.6 Å². The average Bonchev–Trinajstić information content (AvgIpc) is 2.65. The van der Waals surface area contributed by atoms with Crippen LogP contribution in [0.25, 0.3) is 0 Å². The summed E-state index contributed by atoms with van der Waals surface area (Å²) in [4.78, 5) is 8.39. The van der Waals surface area contributed by atoms with Gasteiger partial charge in [0.2, 0.25) is 5.95 Å². The fourth-order valence-corrected chi connectivity index (χ4v) is 1.97. The lowest BCUT2D eigenvalue weighted by Gasteiger charge is -2.10. The highest BCUT2D eigenvalue weighted by Crippen LogP contribution is 2.12. The topological polar surface area (TPSA) is 49.8 Å². The fraction of sp³-hybridized carbons (Fsp3) is 0.600. The molecule has 2 rings (SSSR count). The third-order valence-corrected chi connectivity index (χ3v) is 2.73. The van der Waals surface area contributed by atoms with Crippen LogP contribution in [-0.4, -0.2) is 29.6 Å². The Balaban J connectivity index is 1.92. The highest BCUT2D eigenvalue weighted by molar-refractivity contribution is 6.29. The zero-order valence-corrected chi connectivity index (χ0v) is 9.51. The Morgan fingerprint density at radius 2 is 2.47 bits per heavy atom. The molecule has 0 spiro atoms. The van der Waals surface area contributed by atoms with Crippen LogP contribution >= 0.6 is 11.6 Å². The van der Waals surface area contributed by atoms with E-state index >= 15 is 0 Å². The van der Waals surface area contributed by atoms with Crippen LogP contribution in [0.4, 0.5) is 5.95 Å². The highest BCUT2D eigenvalue weighted by Gasteiger charge is 2.14. The quantitative estimate of drug-likeness (QED) is 0.767. The van der Waals surface area contributed by atoms with E-state index in [9.17, 15) is 0 Å². The maximum Gasteiger partial charge on any atom is 0.224 e. The van der Waals surface area contributed by atoms with Crippen molar-refractivity contribution in [1.29, 1.82) is 0 Å². The minimum atomic E-state index is 0.495. The molecule has 0 radical (unpaired) electrons. The summed E-state index contributed by atoms with van der Waals surface area (Å²) in [5.41, 5.74) is 0.891. The van der Waals surface area contributed by atoms with Gasteiger partial charge in [0, 0.05) is 12.2 Å². The van der Waals surface area contributed by atoms with Crippen LogP contribution in [0.15, 0.2) is 6.07 Å². The van der Waals surface area contributed by atoms with Gasteiger partial charge in [0.05, 0.1) is 0 Å². The second-order valence-corrected chi connectivity index (χ2v) is 4.28. The van der Waals surface area contributed by atoms with Gasteiger partial charge >= 0.3 is 0 Å². The number of halogens is 1. The first kappa shape index (κ1) is 10.6. The van der Waals surface area contributed by atoms with Gasteiger partial charge in [-0.2, -0.15) is 0 Å². The van der Waals surface area contributed by atoms with Crippen molar-refractivity contribution in [2.45, 2.75) is 13.3 Å². The lowest BCUT2D eigenvalue weighted by molar-refractivity contribution is 0.612. The van der Waals surface area contributed by atoms with Gasteiger partial charge in [0.1, 0.15) is 5.15 Å². The molecule has 2 N–H and O–H groups in total. The van der Waals surface area contributed by atoms with Gasteiger partial charge in [-0.05, 0) is 38.4 Å². The normalized spacial score (nSPS) is 20.5. The Bertz CT molecular complexity index is 316. The van der Waals surface area contributed by atoms with Crippen LogP contribution in [-0.2, 0) is 0 Å². The molecule has 1 atom stereocenters. The van der Waals surface area contributed by atoms with Crippen molar-refractivity contribution in [2.24, 2.45) is 5.92 Å². The molecule has 1 aliphatic heterocycles. The van der Waals surface area contributed by atoms with E-state index in [1.807, 2.05) is 6.92 Å². The Morgan fingerprint density at radius 3 is 3.13 bits per heavy atom. The predicted octanol–water partition coefficient (Wildman–Crippen LogP) is 1.46. The molecule has 5 heteroatoms. The molecule has 0 aliphatic carbocycles. The third kappa shape index (κ3) is 3.04. The summed E-state index contributed by atoms with van der Waals surface area (Å²) in [5, 5.41) is 7.04. The molecule has 1 aromatic heterocycles. The van der Waals surface area contributed by atoms with Gasteiger partial charge < -0.3 is 10.6 Å². The predicted molar refractivity (Wildman–Crippen MR) is 61.2 cm³/mol. The molecular weight excluding hydrogens is 212 g/mol. The lowest BCUT2D eigenvalue weighted by atomic mass is 10.1. The molecule has 0 unspecified atom stereocenters. The first-order valence-corrected chi connectivity index (χ1v) is 5.57. The van der Waals surface area contributed by atoms with Gasteiger partial charge in [-0.25, -0.2) is 9.97 Å². The maximum atomic E-state index is 5.84. The molecule has 0 bridgehead atoms. The van der Waals surface area contributed by atoms with Crippen molar-refractivity contribution in [3.05, 3.63) is 16.9 Å². The molecule has 4 nitrogen and oxygen atoms in total. The first-order chi connectivity index (χ1) is 7.24. The highest BCUT2D eigenvalue weighted by atomic mass is 35.5. The molecular formula is C10H15ClN4. The average molecular weight is 227 g/mol. The number of hydrogen-bond donors (Lipinski definition) is 2. The Kier molecular flexibility index (Phi) is 3.38. The van der Waals surface area contributed by atoms with Gasteiger partial charge in [-0.3, -0.25) is 0 Å². The monoisotopic (exact) mass is 226 g/mol. The molecule has 0 saturated carbocycles. The second-order valence-electron chi connectivity index (χ2n) is 3.90. The largest absolute Gasteiger partial charge is 0.354 e. The fourth-order valence-electron chi connectivity index (χ4n) is 1.73. The van der Waals surface area contributed by atoms with Crippen molar-refractivity contribution in [3.8, 4) is 0 Å². The molecule has 1 aliphatic rings. The molecule has 1 aromatic rings. The van der Waals surface area contributed by atoms with E-state index in [2.05, 4.69) is 20.6 Å². The van der Waals surface area contributed by atoms with Crippen LogP contribution in [0, 0.1) is 12.8 Å². The number of rotatable bonds is 3. The summed E-state index contributed by atoms with van der Waals surface area (Å²) >= 11 is 5.84. The summed E-state index contributed by atoms with van der Waals surface area (Å²) in [6.45, 7) is 5.01. The van der Waals surface area contributed by atoms with Crippen LogP contribution in [0.5, 0.6) is 0 Å². The van der Waals surface area contributed by atoms with Gasteiger partial charge in [0.25, 0.3) is 0 Å². The maximum absolute atomic E-state index is 5.84. The summed E-state index contributed by atoms with van der Waals surface area (Å²) in [5.74, 6) is 1.31. The van der Waals surface area contributed by atoms with E-state index in [1.54, 1.807) is 6.07 Å². The van der Waals surface area contributed by atoms with Crippen molar-refractivity contribution >= 4 is 17.5 Å². The molecule has 15 heavy (non-hydrogen) atoms. The Labute approximate surface area is 94.5 Å².